The normalized spacial score (nSPS) is 11.4. The third-order valence-corrected chi connectivity index (χ3v) is 4.80. The average Bonchev–Trinajstić information content (AvgIpc) is 2.43. The molecule has 0 heterocycles. The fraction of sp³-hybridized carbons (Fsp3) is 0.200. The number of aromatic hydroxyl groups is 2. The van der Waals surface area contributed by atoms with E-state index < -0.39 is 15.6 Å². The van der Waals surface area contributed by atoms with Crippen molar-refractivity contribution in [3.63, 3.8) is 0 Å². The molecule has 0 aromatic heterocycles. The van der Waals surface area contributed by atoms with E-state index >= 15 is 0 Å². The van der Waals surface area contributed by atoms with Gasteiger partial charge in [-0.3, -0.25) is 0 Å². The summed E-state index contributed by atoms with van der Waals surface area (Å²) in [5.41, 5.74) is 1.08. The smallest absolute Gasteiger partial charge is 0.206 e. The van der Waals surface area contributed by atoms with Crippen molar-refractivity contribution in [2.75, 3.05) is 0 Å². The molecule has 0 unspecified atom stereocenters. The second-order valence-corrected chi connectivity index (χ2v) is 6.50. The second-order valence-electron chi connectivity index (χ2n) is 4.55. The van der Waals surface area contributed by atoms with E-state index in [0.717, 1.165) is 30.5 Å². The van der Waals surface area contributed by atoms with Gasteiger partial charge < -0.3 is 10.2 Å². The molecule has 2 aromatic carbocycles. The number of aryl methyl sites for hydroxylation is 1. The van der Waals surface area contributed by atoms with Gasteiger partial charge in [-0.05, 0) is 36.2 Å². The highest BCUT2D eigenvalue weighted by molar-refractivity contribution is 7.91. The van der Waals surface area contributed by atoms with Crippen LogP contribution in [0.4, 0.5) is 0 Å². The largest absolute Gasteiger partial charge is 0.504 e. The summed E-state index contributed by atoms with van der Waals surface area (Å²) in [7, 11) is -3.68. The third-order valence-electron chi connectivity index (χ3n) is 3.03. The maximum Gasteiger partial charge on any atom is 0.206 e. The number of benzene rings is 2. The summed E-state index contributed by atoms with van der Waals surface area (Å²) in [4.78, 5) is 0.124. The fourth-order valence-corrected chi connectivity index (χ4v) is 3.21. The van der Waals surface area contributed by atoms with Crippen LogP contribution in [0.3, 0.4) is 0 Å². The Hall–Kier alpha value is -2.01. The lowest BCUT2D eigenvalue weighted by Gasteiger charge is -2.07. The Balaban J connectivity index is 2.41. The summed E-state index contributed by atoms with van der Waals surface area (Å²) in [6, 6.07) is 10.2. The first-order chi connectivity index (χ1) is 9.45. The molecule has 0 fully saturated rings. The lowest BCUT2D eigenvalue weighted by molar-refractivity contribution is 0.402. The molecule has 0 saturated heterocycles. The Labute approximate surface area is 118 Å². The molecule has 0 aliphatic rings. The van der Waals surface area contributed by atoms with Crippen LogP contribution in [0.2, 0.25) is 0 Å². The number of rotatable bonds is 4. The van der Waals surface area contributed by atoms with Gasteiger partial charge in [-0.1, -0.05) is 25.5 Å². The van der Waals surface area contributed by atoms with E-state index in [0.29, 0.717) is 0 Å². The molecule has 2 rings (SSSR count). The van der Waals surface area contributed by atoms with E-state index in [1.165, 1.54) is 6.07 Å². The summed E-state index contributed by atoms with van der Waals surface area (Å²) in [6.45, 7) is 2.06. The number of hydrogen-bond donors (Lipinski definition) is 2. The second kappa shape index (κ2) is 5.54. The average molecular weight is 292 g/mol. The van der Waals surface area contributed by atoms with Crippen LogP contribution in [0.15, 0.2) is 52.3 Å². The lowest BCUT2D eigenvalue weighted by Crippen LogP contribution is -2.02. The summed E-state index contributed by atoms with van der Waals surface area (Å²) < 4.78 is 24.7. The van der Waals surface area contributed by atoms with Crippen LogP contribution in [0.25, 0.3) is 0 Å². The van der Waals surface area contributed by atoms with Gasteiger partial charge in [0.05, 0.1) is 9.79 Å². The van der Waals surface area contributed by atoms with E-state index in [1.54, 1.807) is 24.3 Å². The van der Waals surface area contributed by atoms with Crippen molar-refractivity contribution >= 4 is 9.84 Å². The monoisotopic (exact) mass is 292 g/mol. The molecule has 2 aromatic rings. The molecule has 0 atom stereocenters. The predicted molar refractivity (Wildman–Crippen MR) is 75.7 cm³/mol. The van der Waals surface area contributed by atoms with Gasteiger partial charge in [0.2, 0.25) is 9.84 Å². The highest BCUT2D eigenvalue weighted by Crippen LogP contribution is 2.30. The molecule has 106 valence electrons. The summed E-state index contributed by atoms with van der Waals surface area (Å²) in [5.74, 6) is -0.795. The first-order valence-electron chi connectivity index (χ1n) is 6.31. The SMILES string of the molecule is CCCc1ccc(S(=O)(=O)c2ccc(O)c(O)c2)cc1. The molecule has 0 spiro atoms. The molecular formula is C15H16O4S. The minimum Gasteiger partial charge on any atom is -0.504 e. The van der Waals surface area contributed by atoms with E-state index in [1.807, 2.05) is 0 Å². The zero-order valence-corrected chi connectivity index (χ0v) is 11.9. The number of phenolic OH excluding ortho intramolecular Hbond substituents is 2. The van der Waals surface area contributed by atoms with E-state index in [2.05, 4.69) is 6.92 Å². The van der Waals surface area contributed by atoms with Crippen molar-refractivity contribution in [2.24, 2.45) is 0 Å². The molecule has 0 saturated carbocycles. The zero-order valence-electron chi connectivity index (χ0n) is 11.1. The molecule has 0 radical (unpaired) electrons. The Morgan fingerprint density at radius 1 is 0.900 bits per heavy atom. The van der Waals surface area contributed by atoms with Crippen molar-refractivity contribution in [3.05, 3.63) is 48.0 Å². The molecule has 0 bridgehead atoms. The Bertz CT molecular complexity index is 703. The van der Waals surface area contributed by atoms with Crippen LogP contribution in [-0.2, 0) is 16.3 Å². The maximum absolute atomic E-state index is 12.4. The van der Waals surface area contributed by atoms with Gasteiger partial charge in [-0.25, -0.2) is 8.42 Å². The molecule has 0 aliphatic carbocycles. The van der Waals surface area contributed by atoms with Crippen molar-refractivity contribution < 1.29 is 18.6 Å². The van der Waals surface area contributed by atoms with Crippen LogP contribution < -0.4 is 0 Å². The highest BCUT2D eigenvalue weighted by Gasteiger charge is 2.18. The van der Waals surface area contributed by atoms with Gasteiger partial charge in [0.1, 0.15) is 0 Å². The van der Waals surface area contributed by atoms with Crippen LogP contribution >= 0.6 is 0 Å². The van der Waals surface area contributed by atoms with Crippen LogP contribution in [-0.4, -0.2) is 18.6 Å². The molecular weight excluding hydrogens is 276 g/mol. The minimum absolute atomic E-state index is 0.0453. The van der Waals surface area contributed by atoms with E-state index in [-0.39, 0.29) is 15.5 Å². The first-order valence-corrected chi connectivity index (χ1v) is 7.79. The number of phenols is 2. The lowest BCUT2D eigenvalue weighted by atomic mass is 10.1. The fourth-order valence-electron chi connectivity index (χ4n) is 1.93. The molecule has 2 N–H and O–H groups in total. The third kappa shape index (κ3) is 2.77. The van der Waals surface area contributed by atoms with Crippen LogP contribution in [0.5, 0.6) is 11.5 Å². The van der Waals surface area contributed by atoms with E-state index in [4.69, 9.17) is 0 Å². The van der Waals surface area contributed by atoms with Crippen molar-refractivity contribution in [1.82, 2.24) is 0 Å². The maximum atomic E-state index is 12.4. The molecule has 4 nitrogen and oxygen atoms in total. The van der Waals surface area contributed by atoms with Crippen molar-refractivity contribution in [1.29, 1.82) is 0 Å². The molecule has 0 aliphatic heterocycles. The summed E-state index contributed by atoms with van der Waals surface area (Å²) >= 11 is 0. The topological polar surface area (TPSA) is 74.6 Å². The highest BCUT2D eigenvalue weighted by atomic mass is 32.2. The quantitative estimate of drug-likeness (QED) is 0.850. The Morgan fingerprint density at radius 3 is 2.05 bits per heavy atom. The minimum atomic E-state index is -3.68. The summed E-state index contributed by atoms with van der Waals surface area (Å²) in [5, 5.41) is 18.6. The van der Waals surface area contributed by atoms with Crippen LogP contribution in [0.1, 0.15) is 18.9 Å². The van der Waals surface area contributed by atoms with E-state index in [9.17, 15) is 18.6 Å². The Morgan fingerprint density at radius 2 is 1.50 bits per heavy atom. The number of hydrogen-bond acceptors (Lipinski definition) is 4. The van der Waals surface area contributed by atoms with Gasteiger partial charge in [-0.15, -0.1) is 0 Å². The van der Waals surface area contributed by atoms with Gasteiger partial charge in [0.15, 0.2) is 11.5 Å². The molecule has 20 heavy (non-hydrogen) atoms. The van der Waals surface area contributed by atoms with Gasteiger partial charge in [0.25, 0.3) is 0 Å². The van der Waals surface area contributed by atoms with Gasteiger partial charge in [-0.2, -0.15) is 0 Å². The van der Waals surface area contributed by atoms with Crippen molar-refractivity contribution in [3.8, 4) is 11.5 Å². The predicted octanol–water partition coefficient (Wildman–Crippen LogP) is 2.88. The Kier molecular flexibility index (Phi) is 3.99. The zero-order chi connectivity index (χ0) is 14.8. The number of sulfone groups is 1. The molecule has 0 amide bonds. The first kappa shape index (κ1) is 14.4. The van der Waals surface area contributed by atoms with Crippen molar-refractivity contribution in [2.45, 2.75) is 29.6 Å². The van der Waals surface area contributed by atoms with Gasteiger partial charge >= 0.3 is 0 Å². The molecule has 5 heteroatoms. The van der Waals surface area contributed by atoms with Crippen LogP contribution in [0, 0.1) is 0 Å². The van der Waals surface area contributed by atoms with Gasteiger partial charge in [0, 0.05) is 6.07 Å². The summed E-state index contributed by atoms with van der Waals surface area (Å²) in [6.07, 6.45) is 1.90. The standard InChI is InChI=1S/C15H16O4S/c1-2-3-11-4-6-12(7-5-11)20(18,19)13-8-9-14(16)15(17)10-13/h4-10,16-17H,2-3H2,1H3.